The normalized spacial score (nSPS) is 10.3. The van der Waals surface area contributed by atoms with E-state index in [0.717, 1.165) is 0 Å². The van der Waals surface area contributed by atoms with E-state index in [2.05, 4.69) is 9.97 Å². The van der Waals surface area contributed by atoms with E-state index in [1.807, 2.05) is 0 Å². The molecule has 0 saturated carbocycles. The maximum atomic E-state index is 10.7. The lowest BCUT2D eigenvalue weighted by molar-refractivity contribution is 0.0976. The molecular weight excluding hydrogens is 158 g/mol. The molecule has 0 atom stereocenters. The minimum Gasteiger partial charge on any atom is -0.448 e. The van der Waals surface area contributed by atoms with Crippen LogP contribution in [0.5, 0.6) is 0 Å². The lowest BCUT2D eigenvalue weighted by atomic mass is 10.4. The second kappa shape index (κ2) is 2.30. The Balaban J connectivity index is 2.70. The molecule has 2 rings (SSSR count). The second-order valence-electron chi connectivity index (χ2n) is 2.25. The molecule has 2 aromatic heterocycles. The summed E-state index contributed by atoms with van der Waals surface area (Å²) in [7, 11) is 0. The molecule has 0 spiro atoms. The molecular formula is C7H5N3O2. The molecule has 2 N–H and O–H groups in total. The number of nitrogens with two attached hydrogens (primary N) is 1. The van der Waals surface area contributed by atoms with Crippen molar-refractivity contribution in [3.05, 3.63) is 24.4 Å². The minimum absolute atomic E-state index is 0.102. The maximum absolute atomic E-state index is 10.7. The van der Waals surface area contributed by atoms with Crippen molar-refractivity contribution in [3.8, 4) is 0 Å². The molecule has 12 heavy (non-hydrogen) atoms. The fourth-order valence-corrected chi connectivity index (χ4v) is 0.907. The molecule has 0 fully saturated rings. The van der Waals surface area contributed by atoms with Gasteiger partial charge in [0.25, 0.3) is 5.91 Å². The summed E-state index contributed by atoms with van der Waals surface area (Å²) in [6.07, 6.45) is 2.86. The SMILES string of the molecule is NC(=O)c1cc2ncncc2o1. The highest BCUT2D eigenvalue weighted by Gasteiger charge is 2.08. The number of carbonyl (C=O) groups is 1. The second-order valence-corrected chi connectivity index (χ2v) is 2.25. The van der Waals surface area contributed by atoms with Gasteiger partial charge in [-0.3, -0.25) is 4.79 Å². The quantitative estimate of drug-likeness (QED) is 0.656. The van der Waals surface area contributed by atoms with Crippen molar-refractivity contribution >= 4 is 17.0 Å². The molecule has 0 aliphatic heterocycles. The summed E-state index contributed by atoms with van der Waals surface area (Å²) in [6.45, 7) is 0. The predicted molar refractivity (Wildman–Crippen MR) is 40.3 cm³/mol. The zero-order valence-electron chi connectivity index (χ0n) is 6.02. The summed E-state index contributed by atoms with van der Waals surface area (Å²) in [6, 6.07) is 1.49. The minimum atomic E-state index is -0.604. The lowest BCUT2D eigenvalue weighted by Crippen LogP contribution is -2.08. The topological polar surface area (TPSA) is 82.0 Å². The third kappa shape index (κ3) is 0.914. The fraction of sp³-hybridized carbons (Fsp3) is 0. The van der Waals surface area contributed by atoms with Crippen molar-refractivity contribution in [2.45, 2.75) is 0 Å². The molecule has 0 aliphatic carbocycles. The van der Waals surface area contributed by atoms with Crippen LogP contribution >= 0.6 is 0 Å². The lowest BCUT2D eigenvalue weighted by Gasteiger charge is -1.83. The molecule has 0 unspecified atom stereocenters. The standard InChI is InChI=1S/C7H5N3O2/c8-7(11)5-1-4-6(12-5)2-9-3-10-4/h1-3H,(H2,8,11). The zero-order valence-corrected chi connectivity index (χ0v) is 6.02. The van der Waals surface area contributed by atoms with Crippen molar-refractivity contribution in [2.75, 3.05) is 0 Å². The van der Waals surface area contributed by atoms with Crippen molar-refractivity contribution < 1.29 is 9.21 Å². The zero-order chi connectivity index (χ0) is 8.55. The van der Waals surface area contributed by atoms with Crippen LogP contribution in [-0.4, -0.2) is 15.9 Å². The van der Waals surface area contributed by atoms with Crippen molar-refractivity contribution in [1.82, 2.24) is 9.97 Å². The van der Waals surface area contributed by atoms with Crippen LogP contribution in [0.4, 0.5) is 0 Å². The van der Waals surface area contributed by atoms with Gasteiger partial charge >= 0.3 is 0 Å². The van der Waals surface area contributed by atoms with Crippen LogP contribution in [0.1, 0.15) is 10.6 Å². The highest BCUT2D eigenvalue weighted by Crippen LogP contribution is 2.14. The van der Waals surface area contributed by atoms with E-state index in [0.29, 0.717) is 11.1 Å². The van der Waals surface area contributed by atoms with Crippen LogP contribution in [0.3, 0.4) is 0 Å². The molecule has 5 nitrogen and oxygen atoms in total. The van der Waals surface area contributed by atoms with E-state index in [9.17, 15) is 4.79 Å². The number of aromatic nitrogens is 2. The van der Waals surface area contributed by atoms with Crippen LogP contribution in [0, 0.1) is 0 Å². The van der Waals surface area contributed by atoms with E-state index in [-0.39, 0.29) is 5.76 Å². The largest absolute Gasteiger partial charge is 0.448 e. The van der Waals surface area contributed by atoms with Crippen LogP contribution in [-0.2, 0) is 0 Å². The predicted octanol–water partition coefficient (Wildman–Crippen LogP) is 0.322. The van der Waals surface area contributed by atoms with E-state index in [1.165, 1.54) is 18.6 Å². The van der Waals surface area contributed by atoms with E-state index in [4.69, 9.17) is 10.2 Å². The Morgan fingerprint density at radius 3 is 3.08 bits per heavy atom. The molecule has 2 aromatic rings. The Labute approximate surface area is 67.2 Å². The third-order valence-electron chi connectivity index (χ3n) is 1.44. The van der Waals surface area contributed by atoms with Gasteiger partial charge in [0.15, 0.2) is 11.3 Å². The van der Waals surface area contributed by atoms with Gasteiger partial charge in [-0.1, -0.05) is 0 Å². The molecule has 2 heterocycles. The van der Waals surface area contributed by atoms with Crippen LogP contribution in [0.25, 0.3) is 11.1 Å². The summed E-state index contributed by atoms with van der Waals surface area (Å²) < 4.78 is 5.03. The number of furan rings is 1. The van der Waals surface area contributed by atoms with Gasteiger partial charge in [0.1, 0.15) is 11.8 Å². The van der Waals surface area contributed by atoms with Gasteiger partial charge in [0.05, 0.1) is 6.20 Å². The first-order valence-corrected chi connectivity index (χ1v) is 3.27. The first kappa shape index (κ1) is 6.78. The van der Waals surface area contributed by atoms with Gasteiger partial charge in [-0.15, -0.1) is 0 Å². The molecule has 1 amide bonds. The first-order valence-electron chi connectivity index (χ1n) is 3.27. The Hall–Kier alpha value is -1.91. The molecule has 0 radical (unpaired) electrons. The van der Waals surface area contributed by atoms with E-state index in [1.54, 1.807) is 0 Å². The summed E-state index contributed by atoms with van der Waals surface area (Å²) in [4.78, 5) is 18.3. The van der Waals surface area contributed by atoms with Crippen molar-refractivity contribution in [2.24, 2.45) is 5.73 Å². The van der Waals surface area contributed by atoms with E-state index >= 15 is 0 Å². The maximum Gasteiger partial charge on any atom is 0.284 e. The van der Waals surface area contributed by atoms with Gasteiger partial charge in [0.2, 0.25) is 0 Å². The Morgan fingerprint density at radius 1 is 1.58 bits per heavy atom. The number of hydrogen-bond donors (Lipinski definition) is 1. The van der Waals surface area contributed by atoms with Gasteiger partial charge < -0.3 is 10.2 Å². The number of primary amides is 1. The molecule has 0 saturated heterocycles. The third-order valence-corrected chi connectivity index (χ3v) is 1.44. The Kier molecular flexibility index (Phi) is 1.30. The number of amides is 1. The fourth-order valence-electron chi connectivity index (χ4n) is 0.907. The Bertz CT molecular complexity index is 402. The smallest absolute Gasteiger partial charge is 0.284 e. The van der Waals surface area contributed by atoms with Gasteiger partial charge in [0, 0.05) is 6.07 Å². The number of nitrogens with zero attached hydrogens (tertiary/aromatic N) is 2. The van der Waals surface area contributed by atoms with Crippen molar-refractivity contribution in [1.29, 1.82) is 0 Å². The van der Waals surface area contributed by atoms with Crippen LogP contribution in [0.15, 0.2) is 23.0 Å². The van der Waals surface area contributed by atoms with Crippen LogP contribution < -0.4 is 5.73 Å². The number of hydrogen-bond acceptors (Lipinski definition) is 4. The van der Waals surface area contributed by atoms with Gasteiger partial charge in [-0.25, -0.2) is 9.97 Å². The highest BCUT2D eigenvalue weighted by molar-refractivity contribution is 5.93. The van der Waals surface area contributed by atoms with E-state index < -0.39 is 5.91 Å². The van der Waals surface area contributed by atoms with Crippen LogP contribution in [0.2, 0.25) is 0 Å². The molecule has 5 heteroatoms. The number of fused-ring (bicyclic) bond motifs is 1. The number of carbonyl (C=O) groups excluding carboxylic acids is 1. The molecule has 0 bridgehead atoms. The first-order chi connectivity index (χ1) is 5.77. The average Bonchev–Trinajstić information content (AvgIpc) is 2.46. The summed E-state index contributed by atoms with van der Waals surface area (Å²) in [5, 5.41) is 0. The summed E-state index contributed by atoms with van der Waals surface area (Å²) in [5.74, 6) is -0.501. The monoisotopic (exact) mass is 163 g/mol. The number of rotatable bonds is 1. The van der Waals surface area contributed by atoms with Gasteiger partial charge in [-0.2, -0.15) is 0 Å². The molecule has 0 aliphatic rings. The molecule has 0 aromatic carbocycles. The summed E-state index contributed by atoms with van der Waals surface area (Å²) >= 11 is 0. The molecule has 60 valence electrons. The highest BCUT2D eigenvalue weighted by atomic mass is 16.3. The van der Waals surface area contributed by atoms with Crippen molar-refractivity contribution in [3.63, 3.8) is 0 Å². The summed E-state index contributed by atoms with van der Waals surface area (Å²) in [5.41, 5.74) is 6.04. The average molecular weight is 163 g/mol. The van der Waals surface area contributed by atoms with Gasteiger partial charge in [-0.05, 0) is 0 Å². The Morgan fingerprint density at radius 2 is 2.42 bits per heavy atom.